The molecule has 0 unspecified atom stereocenters. The average molecular weight is 349 g/mol. The molecular formula is C14H13BrN4S. The van der Waals surface area contributed by atoms with E-state index in [1.54, 1.807) is 16.6 Å². The van der Waals surface area contributed by atoms with E-state index in [0.717, 1.165) is 22.6 Å². The monoisotopic (exact) mass is 348 g/mol. The predicted molar refractivity (Wildman–Crippen MR) is 84.4 cm³/mol. The van der Waals surface area contributed by atoms with Gasteiger partial charge in [-0.3, -0.25) is 0 Å². The number of thiophene rings is 1. The number of imidazole rings is 1. The van der Waals surface area contributed by atoms with Crippen LogP contribution >= 0.6 is 27.3 Å². The Hall–Kier alpha value is -1.40. The molecule has 102 valence electrons. The molecule has 0 aromatic carbocycles. The van der Waals surface area contributed by atoms with Crippen LogP contribution in [0.5, 0.6) is 0 Å². The topological polar surface area (TPSA) is 42.2 Å². The van der Waals surface area contributed by atoms with Crippen molar-refractivity contribution in [3.8, 4) is 0 Å². The second-order valence-corrected chi connectivity index (χ2v) is 6.97. The maximum Gasteiger partial charge on any atom is 0.180 e. The third kappa shape index (κ3) is 2.13. The molecule has 3 heterocycles. The molecule has 4 nitrogen and oxygen atoms in total. The maximum atomic E-state index is 4.48. The van der Waals surface area contributed by atoms with Gasteiger partial charge in [-0.2, -0.15) is 0 Å². The molecule has 0 fully saturated rings. The number of nitrogens with one attached hydrogen (secondary N) is 1. The second-order valence-electron chi connectivity index (χ2n) is 4.94. The number of aryl methyl sites for hydroxylation is 2. The summed E-state index contributed by atoms with van der Waals surface area (Å²) in [5, 5.41) is 3.41. The van der Waals surface area contributed by atoms with Crippen molar-refractivity contribution < 1.29 is 0 Å². The fourth-order valence-electron chi connectivity index (χ4n) is 2.67. The molecule has 0 radical (unpaired) electrons. The van der Waals surface area contributed by atoms with Gasteiger partial charge < -0.3 is 9.72 Å². The average Bonchev–Trinajstić information content (AvgIpc) is 3.09. The smallest absolute Gasteiger partial charge is 0.180 e. The molecule has 6 heteroatoms. The minimum atomic E-state index is 0.805. The first-order valence-corrected chi connectivity index (χ1v) is 8.24. The Bertz CT molecular complexity index is 755. The zero-order valence-electron chi connectivity index (χ0n) is 10.8. The zero-order valence-corrected chi connectivity index (χ0v) is 13.2. The first-order chi connectivity index (χ1) is 9.79. The van der Waals surface area contributed by atoms with Gasteiger partial charge in [0.05, 0.1) is 6.54 Å². The predicted octanol–water partition coefficient (Wildman–Crippen LogP) is 3.65. The van der Waals surface area contributed by atoms with Crippen molar-refractivity contribution in [1.82, 2.24) is 14.4 Å². The molecule has 3 aromatic rings. The van der Waals surface area contributed by atoms with Crippen molar-refractivity contribution in [3.63, 3.8) is 0 Å². The van der Waals surface area contributed by atoms with Gasteiger partial charge in [0.25, 0.3) is 0 Å². The number of rotatable bonds is 3. The van der Waals surface area contributed by atoms with E-state index in [9.17, 15) is 0 Å². The quantitative estimate of drug-likeness (QED) is 0.785. The fraction of sp³-hybridized carbons (Fsp3) is 0.286. The summed E-state index contributed by atoms with van der Waals surface area (Å²) in [5.74, 6) is 0.818. The molecule has 0 amide bonds. The van der Waals surface area contributed by atoms with Gasteiger partial charge in [0.15, 0.2) is 11.5 Å². The van der Waals surface area contributed by atoms with Gasteiger partial charge in [0.2, 0.25) is 0 Å². The summed E-state index contributed by atoms with van der Waals surface area (Å²) in [4.78, 5) is 11.8. The van der Waals surface area contributed by atoms with Crippen molar-refractivity contribution in [2.24, 2.45) is 0 Å². The Balaban J connectivity index is 1.59. The molecule has 20 heavy (non-hydrogen) atoms. The molecule has 1 N–H and O–H groups in total. The van der Waals surface area contributed by atoms with Crippen LogP contribution in [0.25, 0.3) is 5.65 Å². The number of halogens is 1. The van der Waals surface area contributed by atoms with Crippen LogP contribution in [0.15, 0.2) is 29.3 Å². The number of hydrogen-bond donors (Lipinski definition) is 1. The van der Waals surface area contributed by atoms with Gasteiger partial charge in [0.1, 0.15) is 4.60 Å². The maximum absolute atomic E-state index is 4.48. The Morgan fingerprint density at radius 2 is 2.35 bits per heavy atom. The Morgan fingerprint density at radius 3 is 3.25 bits per heavy atom. The first kappa shape index (κ1) is 12.3. The van der Waals surface area contributed by atoms with Gasteiger partial charge in [0, 0.05) is 28.3 Å². The first-order valence-electron chi connectivity index (χ1n) is 6.63. The molecule has 0 saturated heterocycles. The van der Waals surface area contributed by atoms with Crippen LogP contribution in [0.1, 0.15) is 21.7 Å². The summed E-state index contributed by atoms with van der Waals surface area (Å²) < 4.78 is 2.77. The highest BCUT2D eigenvalue weighted by atomic mass is 79.9. The Kier molecular flexibility index (Phi) is 3.00. The zero-order chi connectivity index (χ0) is 13.5. The SMILES string of the molecule is Brc1cn2ccnc2c(NCc2cc3c(s2)CCC3)n1. The van der Waals surface area contributed by atoms with Crippen LogP contribution in [0.4, 0.5) is 5.82 Å². The van der Waals surface area contributed by atoms with Gasteiger partial charge >= 0.3 is 0 Å². The van der Waals surface area contributed by atoms with E-state index in [4.69, 9.17) is 0 Å². The molecular weight excluding hydrogens is 336 g/mol. The number of nitrogens with zero attached hydrogens (tertiary/aromatic N) is 3. The van der Waals surface area contributed by atoms with Gasteiger partial charge in [-0.05, 0) is 46.8 Å². The van der Waals surface area contributed by atoms with Gasteiger partial charge in [-0.15, -0.1) is 11.3 Å². The molecule has 0 bridgehead atoms. The second kappa shape index (κ2) is 4.86. The number of hydrogen-bond acceptors (Lipinski definition) is 4. The summed E-state index contributed by atoms with van der Waals surface area (Å²) in [7, 11) is 0. The molecule has 3 aromatic heterocycles. The molecule has 4 rings (SSSR count). The summed E-state index contributed by atoms with van der Waals surface area (Å²) in [6.07, 6.45) is 9.43. The van der Waals surface area contributed by atoms with Crippen molar-refractivity contribution in [1.29, 1.82) is 0 Å². The van der Waals surface area contributed by atoms with E-state index in [-0.39, 0.29) is 0 Å². The minimum absolute atomic E-state index is 0.805. The van der Waals surface area contributed by atoms with E-state index in [1.165, 1.54) is 24.1 Å². The number of anilines is 1. The summed E-state index contributed by atoms with van der Waals surface area (Å²) in [6, 6.07) is 2.33. The van der Waals surface area contributed by atoms with E-state index < -0.39 is 0 Å². The summed E-state index contributed by atoms with van der Waals surface area (Å²) in [5.41, 5.74) is 2.40. The van der Waals surface area contributed by atoms with Crippen molar-refractivity contribution in [2.45, 2.75) is 25.8 Å². The summed E-state index contributed by atoms with van der Waals surface area (Å²) in [6.45, 7) is 0.809. The Morgan fingerprint density at radius 1 is 1.40 bits per heavy atom. The summed E-state index contributed by atoms with van der Waals surface area (Å²) >= 11 is 5.36. The van der Waals surface area contributed by atoms with Gasteiger partial charge in [-0.25, -0.2) is 9.97 Å². The third-order valence-electron chi connectivity index (χ3n) is 3.57. The molecule has 0 aliphatic heterocycles. The number of fused-ring (bicyclic) bond motifs is 2. The van der Waals surface area contributed by atoms with Crippen molar-refractivity contribution in [3.05, 3.63) is 44.6 Å². The highest BCUT2D eigenvalue weighted by Crippen LogP contribution is 2.31. The van der Waals surface area contributed by atoms with Crippen LogP contribution < -0.4 is 5.32 Å². The highest BCUT2D eigenvalue weighted by Gasteiger charge is 2.15. The van der Waals surface area contributed by atoms with E-state index in [0.29, 0.717) is 0 Å². The molecule has 0 saturated carbocycles. The third-order valence-corrected chi connectivity index (χ3v) is 5.19. The van der Waals surface area contributed by atoms with Gasteiger partial charge in [-0.1, -0.05) is 0 Å². The molecule has 1 aliphatic rings. The van der Waals surface area contributed by atoms with Crippen molar-refractivity contribution >= 4 is 38.7 Å². The lowest BCUT2D eigenvalue weighted by molar-refractivity contribution is 0.913. The normalized spacial score (nSPS) is 13.8. The largest absolute Gasteiger partial charge is 0.362 e. The minimum Gasteiger partial charge on any atom is -0.362 e. The van der Waals surface area contributed by atoms with Crippen molar-refractivity contribution in [2.75, 3.05) is 5.32 Å². The molecule has 0 atom stereocenters. The van der Waals surface area contributed by atoms with Crippen LogP contribution in [0.2, 0.25) is 0 Å². The van der Waals surface area contributed by atoms with E-state index in [2.05, 4.69) is 37.3 Å². The standard InChI is InChI=1S/C14H13BrN4S/c15-12-8-19-5-4-16-14(19)13(18-12)17-7-10-6-9-2-1-3-11(9)20-10/h4-6,8H,1-3,7H2,(H,17,18). The number of aromatic nitrogens is 3. The highest BCUT2D eigenvalue weighted by molar-refractivity contribution is 9.10. The van der Waals surface area contributed by atoms with Crippen LogP contribution in [-0.4, -0.2) is 14.4 Å². The molecule has 0 spiro atoms. The Labute approximate surface area is 129 Å². The van der Waals surface area contributed by atoms with Crippen LogP contribution in [0.3, 0.4) is 0 Å². The lowest BCUT2D eigenvalue weighted by Crippen LogP contribution is -2.03. The van der Waals surface area contributed by atoms with E-state index in [1.807, 2.05) is 28.1 Å². The fourth-order valence-corrected chi connectivity index (χ4v) is 4.27. The van der Waals surface area contributed by atoms with Crippen LogP contribution in [-0.2, 0) is 19.4 Å². The van der Waals surface area contributed by atoms with E-state index >= 15 is 0 Å². The molecule has 1 aliphatic carbocycles. The van der Waals surface area contributed by atoms with Crippen LogP contribution in [0, 0.1) is 0 Å². The lowest BCUT2D eigenvalue weighted by Gasteiger charge is -2.06. The lowest BCUT2D eigenvalue weighted by atomic mass is 10.2.